The predicted octanol–water partition coefficient (Wildman–Crippen LogP) is 5.94. The standard InChI is InChI=1S/C27H28ClN5O/c1-4-22(34)32-14-27(15-32)11-19(12-27)33-17(3)23(26(31-33)18-8-6-5-7-9-18)24-20-13-29-30-21(20)10-16(2)25(24)28/h5-10,13,19H,4,11-12,14-15H2,1-3H3,(H,29,30). The molecule has 0 bridgehead atoms. The van der Waals surface area contributed by atoms with Crippen LogP contribution in [0, 0.1) is 19.3 Å². The molecule has 2 aliphatic rings. The molecule has 1 amide bonds. The molecule has 2 aromatic carbocycles. The molecule has 0 radical (unpaired) electrons. The molecule has 0 atom stereocenters. The van der Waals surface area contributed by atoms with Crippen LogP contribution in [0.4, 0.5) is 0 Å². The third kappa shape index (κ3) is 3.12. The first-order valence-corrected chi connectivity index (χ1v) is 12.3. The van der Waals surface area contributed by atoms with Gasteiger partial charge in [-0.2, -0.15) is 10.2 Å². The number of aromatic amines is 1. The summed E-state index contributed by atoms with van der Waals surface area (Å²) in [5.74, 6) is 0.260. The summed E-state index contributed by atoms with van der Waals surface area (Å²) in [6.07, 6.45) is 4.55. The first-order chi connectivity index (χ1) is 16.4. The number of aryl methyl sites for hydroxylation is 1. The van der Waals surface area contributed by atoms with Crippen molar-refractivity contribution in [1.29, 1.82) is 0 Å². The molecule has 2 aromatic heterocycles. The molecule has 1 aliphatic carbocycles. The summed E-state index contributed by atoms with van der Waals surface area (Å²) in [6.45, 7) is 7.88. The van der Waals surface area contributed by atoms with Crippen molar-refractivity contribution in [2.75, 3.05) is 13.1 Å². The van der Waals surface area contributed by atoms with Crippen LogP contribution < -0.4 is 0 Å². The quantitative estimate of drug-likeness (QED) is 0.399. The molecule has 0 unspecified atom stereocenters. The van der Waals surface area contributed by atoms with E-state index in [1.807, 2.05) is 49.2 Å². The number of aromatic nitrogens is 4. The van der Waals surface area contributed by atoms with Crippen LogP contribution in [-0.4, -0.2) is 43.9 Å². The summed E-state index contributed by atoms with van der Waals surface area (Å²) >= 11 is 6.95. The molecular weight excluding hydrogens is 446 g/mol. The number of likely N-dealkylation sites (tertiary alicyclic amines) is 1. The van der Waals surface area contributed by atoms with E-state index in [4.69, 9.17) is 16.7 Å². The molecule has 2 fully saturated rings. The minimum Gasteiger partial charge on any atom is -0.341 e. The second-order valence-corrected chi connectivity index (χ2v) is 10.4. The van der Waals surface area contributed by atoms with Crippen molar-refractivity contribution in [2.24, 2.45) is 5.41 Å². The molecule has 4 aromatic rings. The van der Waals surface area contributed by atoms with Gasteiger partial charge in [-0.15, -0.1) is 0 Å². The lowest BCUT2D eigenvalue weighted by molar-refractivity contribution is -0.154. The van der Waals surface area contributed by atoms with E-state index in [1.165, 1.54) is 0 Å². The zero-order valence-electron chi connectivity index (χ0n) is 19.7. The Morgan fingerprint density at radius 2 is 1.91 bits per heavy atom. The van der Waals surface area contributed by atoms with Crippen LogP contribution in [0.25, 0.3) is 33.3 Å². The SMILES string of the molecule is CCC(=O)N1CC2(CC(n3nc(-c4ccccc4)c(-c4c(Cl)c(C)cc5[nH]ncc45)c3C)C2)C1. The Balaban J connectivity index is 1.44. The van der Waals surface area contributed by atoms with Crippen LogP contribution in [0.3, 0.4) is 0 Å². The van der Waals surface area contributed by atoms with E-state index in [2.05, 4.69) is 33.9 Å². The number of H-pyrrole nitrogens is 1. The summed E-state index contributed by atoms with van der Waals surface area (Å²) in [5, 5.41) is 14.3. The second kappa shape index (κ2) is 7.70. The third-order valence-corrected chi connectivity index (χ3v) is 8.19. The molecule has 34 heavy (non-hydrogen) atoms. The van der Waals surface area contributed by atoms with E-state index in [0.29, 0.717) is 12.5 Å². The van der Waals surface area contributed by atoms with Crippen molar-refractivity contribution in [3.05, 3.63) is 58.9 Å². The molecule has 1 spiro atoms. The van der Waals surface area contributed by atoms with Gasteiger partial charge in [-0.05, 0) is 38.3 Å². The van der Waals surface area contributed by atoms with Crippen LogP contribution in [0.5, 0.6) is 0 Å². The molecule has 1 saturated heterocycles. The minimum absolute atomic E-state index is 0.260. The van der Waals surface area contributed by atoms with Crippen molar-refractivity contribution in [1.82, 2.24) is 24.9 Å². The first-order valence-electron chi connectivity index (χ1n) is 12.0. The number of hydrogen-bond donors (Lipinski definition) is 1. The van der Waals surface area contributed by atoms with Gasteiger partial charge in [0, 0.05) is 52.7 Å². The van der Waals surface area contributed by atoms with E-state index in [1.54, 1.807) is 0 Å². The molecule has 174 valence electrons. The molecule has 7 heteroatoms. The summed E-state index contributed by atoms with van der Waals surface area (Å²) in [4.78, 5) is 14.0. The Morgan fingerprint density at radius 1 is 1.18 bits per heavy atom. The highest BCUT2D eigenvalue weighted by molar-refractivity contribution is 6.36. The maximum absolute atomic E-state index is 12.0. The van der Waals surface area contributed by atoms with Crippen LogP contribution in [0.2, 0.25) is 5.02 Å². The van der Waals surface area contributed by atoms with Gasteiger partial charge in [-0.1, -0.05) is 48.9 Å². The van der Waals surface area contributed by atoms with Crippen LogP contribution in [0.15, 0.2) is 42.6 Å². The van der Waals surface area contributed by atoms with E-state index in [-0.39, 0.29) is 11.3 Å². The largest absolute Gasteiger partial charge is 0.341 e. The average molecular weight is 474 g/mol. The Kier molecular flexibility index (Phi) is 4.85. The lowest BCUT2D eigenvalue weighted by atomic mass is 9.60. The Morgan fingerprint density at radius 3 is 2.62 bits per heavy atom. The third-order valence-electron chi connectivity index (χ3n) is 7.70. The van der Waals surface area contributed by atoms with Crippen LogP contribution >= 0.6 is 11.6 Å². The predicted molar refractivity (Wildman–Crippen MR) is 135 cm³/mol. The van der Waals surface area contributed by atoms with Gasteiger partial charge in [0.1, 0.15) is 5.69 Å². The van der Waals surface area contributed by atoms with Crippen molar-refractivity contribution >= 4 is 28.4 Å². The summed E-state index contributed by atoms with van der Waals surface area (Å²) in [7, 11) is 0. The van der Waals surface area contributed by atoms with Gasteiger partial charge in [-0.3, -0.25) is 14.6 Å². The summed E-state index contributed by atoms with van der Waals surface area (Å²) in [6, 6.07) is 12.7. The number of nitrogens with zero attached hydrogens (tertiary/aromatic N) is 4. The number of amides is 1. The lowest BCUT2D eigenvalue weighted by Crippen LogP contribution is -2.63. The molecule has 6 nitrogen and oxygen atoms in total. The fourth-order valence-corrected chi connectivity index (χ4v) is 6.20. The fraction of sp³-hybridized carbons (Fsp3) is 0.370. The number of halogens is 1. The van der Waals surface area contributed by atoms with Crippen molar-refractivity contribution in [3.63, 3.8) is 0 Å². The van der Waals surface area contributed by atoms with Gasteiger partial charge in [0.05, 0.1) is 22.8 Å². The van der Waals surface area contributed by atoms with Crippen LogP contribution in [0.1, 0.15) is 43.5 Å². The Hall–Kier alpha value is -3.12. The van der Waals surface area contributed by atoms with Crippen molar-refractivity contribution in [3.8, 4) is 22.4 Å². The molecule has 1 saturated carbocycles. The summed E-state index contributed by atoms with van der Waals surface area (Å²) in [5.41, 5.74) is 7.46. The van der Waals surface area contributed by atoms with Gasteiger partial charge in [0.25, 0.3) is 0 Å². The number of benzene rings is 2. The molecule has 1 aliphatic heterocycles. The average Bonchev–Trinajstić information content (AvgIpc) is 3.38. The van der Waals surface area contributed by atoms with Crippen molar-refractivity contribution in [2.45, 2.75) is 46.1 Å². The number of carbonyl (C=O) groups is 1. The molecular formula is C27H28ClN5O. The topological polar surface area (TPSA) is 66.8 Å². The van der Waals surface area contributed by atoms with E-state index in [9.17, 15) is 4.79 Å². The van der Waals surface area contributed by atoms with Gasteiger partial charge in [0.15, 0.2) is 0 Å². The number of hydrogen-bond acceptors (Lipinski definition) is 3. The monoisotopic (exact) mass is 473 g/mol. The number of fused-ring (bicyclic) bond motifs is 1. The highest BCUT2D eigenvalue weighted by Gasteiger charge is 2.54. The Labute approximate surface area is 203 Å². The van der Waals surface area contributed by atoms with Gasteiger partial charge < -0.3 is 4.90 Å². The van der Waals surface area contributed by atoms with Gasteiger partial charge in [0.2, 0.25) is 5.91 Å². The van der Waals surface area contributed by atoms with E-state index < -0.39 is 0 Å². The maximum atomic E-state index is 12.0. The molecule has 3 heterocycles. The first kappa shape index (κ1) is 21.4. The minimum atomic E-state index is 0.260. The van der Waals surface area contributed by atoms with Crippen LogP contribution in [-0.2, 0) is 4.79 Å². The smallest absolute Gasteiger partial charge is 0.222 e. The number of nitrogens with one attached hydrogen (secondary N) is 1. The van der Waals surface area contributed by atoms with E-state index >= 15 is 0 Å². The Bertz CT molecular complexity index is 1410. The number of carbonyl (C=O) groups excluding carboxylic acids is 1. The van der Waals surface area contributed by atoms with Gasteiger partial charge >= 0.3 is 0 Å². The highest BCUT2D eigenvalue weighted by atomic mass is 35.5. The zero-order valence-corrected chi connectivity index (χ0v) is 20.5. The van der Waals surface area contributed by atoms with E-state index in [0.717, 1.165) is 75.5 Å². The summed E-state index contributed by atoms with van der Waals surface area (Å²) < 4.78 is 2.21. The fourth-order valence-electron chi connectivity index (χ4n) is 5.95. The second-order valence-electron chi connectivity index (χ2n) is 10.00. The van der Waals surface area contributed by atoms with Crippen molar-refractivity contribution < 1.29 is 4.79 Å². The normalized spacial score (nSPS) is 17.2. The zero-order chi connectivity index (χ0) is 23.6. The maximum Gasteiger partial charge on any atom is 0.222 e. The number of rotatable bonds is 4. The van der Waals surface area contributed by atoms with Gasteiger partial charge in [-0.25, -0.2) is 0 Å². The molecule has 6 rings (SSSR count). The lowest BCUT2D eigenvalue weighted by Gasteiger charge is -2.59. The highest BCUT2D eigenvalue weighted by Crippen LogP contribution is 2.55. The molecule has 1 N–H and O–H groups in total.